The van der Waals surface area contributed by atoms with Crippen LogP contribution in [-0.2, 0) is 0 Å². The number of benzene rings is 2. The summed E-state index contributed by atoms with van der Waals surface area (Å²) in [5.41, 5.74) is 1.64. The maximum atomic E-state index is 13.0. The lowest BCUT2D eigenvalue weighted by atomic mass is 10.1. The molecule has 3 aromatic rings. The zero-order valence-corrected chi connectivity index (χ0v) is 19.5. The number of aromatic nitrogens is 1. The first-order chi connectivity index (χ1) is 16.3. The number of ether oxygens (including phenoxy) is 2. The van der Waals surface area contributed by atoms with Gasteiger partial charge in [0.1, 0.15) is 11.5 Å². The summed E-state index contributed by atoms with van der Waals surface area (Å²) in [5, 5.41) is 1.37. The van der Waals surface area contributed by atoms with Gasteiger partial charge < -0.3 is 24.3 Å². The largest absolute Gasteiger partial charge is 0.493 e. The normalized spacial score (nSPS) is 17.3. The number of likely N-dealkylation sites (tertiary alicyclic amines) is 2. The molecule has 0 saturated carbocycles. The Kier molecular flexibility index (Phi) is 7.12. The number of H-pyrrole nitrogens is 1. The van der Waals surface area contributed by atoms with Gasteiger partial charge in [0.15, 0.2) is 5.43 Å². The third-order valence-corrected chi connectivity index (χ3v) is 6.91. The summed E-state index contributed by atoms with van der Waals surface area (Å²) in [6, 6.07) is 11.4. The highest BCUT2D eigenvalue weighted by Gasteiger charge is 2.12. The molecule has 3 heterocycles. The van der Waals surface area contributed by atoms with Gasteiger partial charge in [0.25, 0.3) is 0 Å². The molecule has 1 N–H and O–H groups in total. The Labute approximate surface area is 195 Å². The van der Waals surface area contributed by atoms with E-state index in [-0.39, 0.29) is 5.43 Å². The highest BCUT2D eigenvalue weighted by atomic mass is 16.5. The van der Waals surface area contributed by atoms with Gasteiger partial charge in [0.05, 0.1) is 24.2 Å². The van der Waals surface area contributed by atoms with Crippen molar-refractivity contribution in [3.8, 4) is 11.5 Å². The molecular formula is C27H35N3O3. The molecule has 2 aliphatic rings. The SMILES string of the molecule is O=c1c2ccc(OCCCN3CCCC3)cc2[nH]c2cc(OCCCN3CCCC3)ccc12. The predicted octanol–water partition coefficient (Wildman–Crippen LogP) is 4.41. The van der Waals surface area contributed by atoms with Gasteiger partial charge in [-0.2, -0.15) is 0 Å². The van der Waals surface area contributed by atoms with Crippen LogP contribution in [-0.4, -0.2) is 67.3 Å². The molecule has 0 atom stereocenters. The van der Waals surface area contributed by atoms with Gasteiger partial charge in [-0.15, -0.1) is 0 Å². The van der Waals surface area contributed by atoms with Crippen LogP contribution < -0.4 is 14.9 Å². The van der Waals surface area contributed by atoms with Crippen molar-refractivity contribution in [3.63, 3.8) is 0 Å². The number of nitrogens with zero attached hydrogens (tertiary/aromatic N) is 2. The Morgan fingerprint density at radius 1 is 0.697 bits per heavy atom. The van der Waals surface area contributed by atoms with Gasteiger partial charge in [-0.3, -0.25) is 4.79 Å². The summed E-state index contributed by atoms with van der Waals surface area (Å²) >= 11 is 0. The van der Waals surface area contributed by atoms with E-state index in [1.807, 2.05) is 36.4 Å². The maximum absolute atomic E-state index is 13.0. The van der Waals surface area contributed by atoms with Crippen molar-refractivity contribution in [2.24, 2.45) is 0 Å². The second-order valence-corrected chi connectivity index (χ2v) is 9.37. The van der Waals surface area contributed by atoms with E-state index >= 15 is 0 Å². The lowest BCUT2D eigenvalue weighted by Crippen LogP contribution is -2.21. The third-order valence-electron chi connectivity index (χ3n) is 6.91. The lowest BCUT2D eigenvalue weighted by molar-refractivity contribution is 0.263. The second-order valence-electron chi connectivity index (χ2n) is 9.37. The van der Waals surface area contributed by atoms with Crippen LogP contribution >= 0.6 is 0 Å². The number of nitrogens with one attached hydrogen (secondary N) is 1. The van der Waals surface area contributed by atoms with Crippen LogP contribution in [0.1, 0.15) is 38.5 Å². The fraction of sp³-hybridized carbons (Fsp3) is 0.519. The van der Waals surface area contributed by atoms with E-state index in [2.05, 4.69) is 14.8 Å². The fourth-order valence-corrected chi connectivity index (χ4v) is 5.09. The minimum absolute atomic E-state index is 0.0416. The quantitative estimate of drug-likeness (QED) is 0.367. The highest BCUT2D eigenvalue weighted by Crippen LogP contribution is 2.23. The van der Waals surface area contributed by atoms with E-state index in [9.17, 15) is 4.79 Å². The Balaban J connectivity index is 1.23. The van der Waals surface area contributed by atoms with Crippen molar-refractivity contribution in [1.82, 2.24) is 14.8 Å². The smallest absolute Gasteiger partial charge is 0.197 e. The number of aromatic amines is 1. The molecular weight excluding hydrogens is 414 g/mol. The number of hydrogen-bond acceptors (Lipinski definition) is 5. The van der Waals surface area contributed by atoms with E-state index in [4.69, 9.17) is 9.47 Å². The van der Waals surface area contributed by atoms with E-state index in [1.165, 1.54) is 51.9 Å². The van der Waals surface area contributed by atoms with Crippen molar-refractivity contribution in [1.29, 1.82) is 0 Å². The summed E-state index contributed by atoms with van der Waals surface area (Å²) in [4.78, 5) is 21.4. The van der Waals surface area contributed by atoms with Crippen LogP contribution in [0.2, 0.25) is 0 Å². The number of rotatable bonds is 10. The second kappa shape index (κ2) is 10.6. The van der Waals surface area contributed by atoms with Gasteiger partial charge in [-0.25, -0.2) is 0 Å². The van der Waals surface area contributed by atoms with Gasteiger partial charge in [0.2, 0.25) is 0 Å². The Hall–Kier alpha value is -2.57. The minimum atomic E-state index is 0.0416. The topological polar surface area (TPSA) is 57.8 Å². The van der Waals surface area contributed by atoms with Crippen LogP contribution in [0.3, 0.4) is 0 Å². The van der Waals surface area contributed by atoms with Crippen LogP contribution in [0.4, 0.5) is 0 Å². The molecule has 2 aliphatic heterocycles. The summed E-state index contributed by atoms with van der Waals surface area (Å²) in [5.74, 6) is 1.60. The third kappa shape index (κ3) is 5.50. The molecule has 2 aromatic carbocycles. The van der Waals surface area contributed by atoms with E-state index in [1.54, 1.807) is 0 Å². The standard InChI is InChI=1S/C27H35N3O3/c31-27-23-9-7-21(32-17-5-15-29-11-1-2-12-29)19-25(23)28-26-20-22(8-10-24(26)27)33-18-6-16-30-13-3-4-14-30/h7-10,19-20H,1-6,11-18H2,(H,28,31). The monoisotopic (exact) mass is 449 g/mol. The molecule has 0 spiro atoms. The van der Waals surface area contributed by atoms with E-state index < -0.39 is 0 Å². The highest BCUT2D eigenvalue weighted by molar-refractivity contribution is 5.93. The zero-order valence-electron chi connectivity index (χ0n) is 19.5. The zero-order chi connectivity index (χ0) is 22.5. The number of pyridine rings is 1. The molecule has 2 saturated heterocycles. The molecule has 6 heteroatoms. The van der Waals surface area contributed by atoms with Crippen LogP contribution in [0.5, 0.6) is 11.5 Å². The van der Waals surface area contributed by atoms with Crippen molar-refractivity contribution >= 4 is 21.8 Å². The number of fused-ring (bicyclic) bond motifs is 2. The molecule has 0 amide bonds. The van der Waals surface area contributed by atoms with Gasteiger partial charge in [0, 0.05) is 36.0 Å². The number of hydrogen-bond donors (Lipinski definition) is 1. The van der Waals surface area contributed by atoms with Gasteiger partial charge in [-0.1, -0.05) is 0 Å². The molecule has 0 aliphatic carbocycles. The summed E-state index contributed by atoms with van der Waals surface area (Å²) in [7, 11) is 0. The molecule has 5 rings (SSSR count). The van der Waals surface area contributed by atoms with Crippen molar-refractivity contribution in [2.45, 2.75) is 38.5 Å². The van der Waals surface area contributed by atoms with Gasteiger partial charge >= 0.3 is 0 Å². The van der Waals surface area contributed by atoms with E-state index in [0.717, 1.165) is 48.5 Å². The summed E-state index contributed by atoms with van der Waals surface area (Å²) in [6.45, 7) is 8.43. The predicted molar refractivity (Wildman–Crippen MR) is 134 cm³/mol. The molecule has 0 unspecified atom stereocenters. The van der Waals surface area contributed by atoms with Crippen molar-refractivity contribution < 1.29 is 9.47 Å². The van der Waals surface area contributed by atoms with E-state index in [0.29, 0.717) is 24.0 Å². The molecule has 0 radical (unpaired) electrons. The Morgan fingerprint density at radius 2 is 1.15 bits per heavy atom. The fourth-order valence-electron chi connectivity index (χ4n) is 5.09. The molecule has 176 valence electrons. The average Bonchev–Trinajstić information content (AvgIpc) is 3.54. The van der Waals surface area contributed by atoms with Gasteiger partial charge in [-0.05, 0) is 89.0 Å². The molecule has 0 bridgehead atoms. The molecule has 2 fully saturated rings. The molecule has 33 heavy (non-hydrogen) atoms. The molecule has 6 nitrogen and oxygen atoms in total. The first-order valence-corrected chi connectivity index (χ1v) is 12.6. The maximum Gasteiger partial charge on any atom is 0.197 e. The molecule has 1 aromatic heterocycles. The first-order valence-electron chi connectivity index (χ1n) is 12.6. The first kappa shape index (κ1) is 22.2. The van der Waals surface area contributed by atoms with Crippen molar-refractivity contribution in [2.75, 3.05) is 52.5 Å². The van der Waals surface area contributed by atoms with Crippen LogP contribution in [0.15, 0.2) is 41.2 Å². The minimum Gasteiger partial charge on any atom is -0.493 e. The van der Waals surface area contributed by atoms with Crippen molar-refractivity contribution in [3.05, 3.63) is 46.6 Å². The Bertz CT molecular complexity index is 1050. The average molecular weight is 450 g/mol. The van der Waals surface area contributed by atoms with Crippen LogP contribution in [0.25, 0.3) is 21.8 Å². The van der Waals surface area contributed by atoms with Crippen LogP contribution in [0, 0.1) is 0 Å². The summed E-state index contributed by atoms with van der Waals surface area (Å²) < 4.78 is 12.0. The summed E-state index contributed by atoms with van der Waals surface area (Å²) in [6.07, 6.45) is 7.31. The lowest BCUT2D eigenvalue weighted by Gasteiger charge is -2.15. The Morgan fingerprint density at radius 3 is 1.61 bits per heavy atom.